The van der Waals surface area contributed by atoms with Crippen LogP contribution in [-0.2, 0) is 10.1 Å². The maximum Gasteiger partial charge on any atom is 0.355 e. The van der Waals surface area contributed by atoms with E-state index < -0.39 is 10.1 Å². The molecular formula is C24H35N3O3S. The summed E-state index contributed by atoms with van der Waals surface area (Å²) in [6.07, 6.45) is 2.95. The van der Waals surface area contributed by atoms with Crippen LogP contribution in [0.25, 0.3) is 0 Å². The first kappa shape index (κ1) is 24.9. The van der Waals surface area contributed by atoms with E-state index in [4.69, 9.17) is 13.0 Å². The van der Waals surface area contributed by atoms with E-state index in [-0.39, 0.29) is 0 Å². The lowest BCUT2D eigenvalue weighted by atomic mass is 9.98. The highest BCUT2D eigenvalue weighted by Crippen LogP contribution is 2.23. The van der Waals surface area contributed by atoms with Crippen molar-refractivity contribution in [1.82, 2.24) is 5.32 Å². The Morgan fingerprint density at radius 2 is 1.42 bits per heavy atom. The summed E-state index contributed by atoms with van der Waals surface area (Å²) < 4.78 is 29.6. The summed E-state index contributed by atoms with van der Waals surface area (Å²) in [4.78, 5) is 0. The molecule has 2 aromatic rings. The highest BCUT2D eigenvalue weighted by Gasteiger charge is 2.22. The molecule has 31 heavy (non-hydrogen) atoms. The van der Waals surface area contributed by atoms with E-state index in [9.17, 15) is 0 Å². The third-order valence-corrected chi connectivity index (χ3v) is 5.64. The van der Waals surface area contributed by atoms with Gasteiger partial charge >= 0.3 is 5.96 Å². The average Bonchev–Trinajstić information content (AvgIpc) is 3.20. The van der Waals surface area contributed by atoms with E-state index in [0.29, 0.717) is 18.1 Å². The highest BCUT2D eigenvalue weighted by molar-refractivity contribution is 7.84. The van der Waals surface area contributed by atoms with Gasteiger partial charge in [-0.15, -0.1) is 0 Å². The zero-order chi connectivity index (χ0) is 23.0. The molecule has 2 unspecified atom stereocenters. The van der Waals surface area contributed by atoms with Crippen molar-refractivity contribution < 1.29 is 17.5 Å². The zero-order valence-electron chi connectivity index (χ0n) is 19.2. The molecule has 1 aliphatic heterocycles. The first-order valence-corrected chi connectivity index (χ1v) is 12.7. The predicted octanol–water partition coefficient (Wildman–Crippen LogP) is 4.59. The van der Waals surface area contributed by atoms with Crippen molar-refractivity contribution >= 4 is 27.5 Å². The molecule has 6 nitrogen and oxygen atoms in total. The summed E-state index contributed by atoms with van der Waals surface area (Å²) in [6.45, 7) is 11.0. The van der Waals surface area contributed by atoms with Crippen molar-refractivity contribution in [1.29, 1.82) is 0 Å². The highest BCUT2D eigenvalue weighted by atomic mass is 32.2. The van der Waals surface area contributed by atoms with Crippen molar-refractivity contribution in [3.63, 3.8) is 0 Å². The average molecular weight is 446 g/mol. The fraction of sp³-hybridized carbons (Fsp3) is 0.458. The van der Waals surface area contributed by atoms with E-state index in [2.05, 4.69) is 91.4 Å². The van der Waals surface area contributed by atoms with Crippen LogP contribution in [0.3, 0.4) is 0 Å². The molecule has 0 saturated carbocycles. The minimum absolute atomic E-state index is 0.604. The van der Waals surface area contributed by atoms with Gasteiger partial charge in [-0.05, 0) is 60.1 Å². The minimum Gasteiger partial charge on any atom is -0.748 e. The lowest BCUT2D eigenvalue weighted by Crippen LogP contribution is -2.29. The molecule has 1 heterocycles. The van der Waals surface area contributed by atoms with Crippen LogP contribution < -0.4 is 10.6 Å². The van der Waals surface area contributed by atoms with Gasteiger partial charge in [0.15, 0.2) is 0 Å². The molecule has 0 aliphatic carbocycles. The molecule has 0 bridgehead atoms. The summed E-state index contributed by atoms with van der Waals surface area (Å²) in [6, 6.07) is 17.8. The van der Waals surface area contributed by atoms with Gasteiger partial charge in [-0.3, -0.25) is 5.32 Å². The number of nitrogens with zero attached hydrogens (tertiary/aromatic N) is 1. The zero-order valence-corrected chi connectivity index (χ0v) is 20.0. The Bertz CT molecular complexity index is 960. The molecule has 2 N–H and O–H groups in total. The van der Waals surface area contributed by atoms with Gasteiger partial charge in [0.05, 0.1) is 22.4 Å². The second kappa shape index (κ2) is 11.3. The SMILES string of the molecule is CCC(C)c1ccc(NC2=[N+](c3ccc(C(C)CC)cc3)CCN2)cc1.CS(=O)(=O)[O-]. The Hall–Kier alpha value is -2.38. The van der Waals surface area contributed by atoms with Gasteiger partial charge in [-0.1, -0.05) is 52.0 Å². The molecule has 2 atom stereocenters. The van der Waals surface area contributed by atoms with Crippen molar-refractivity contribution in [3.8, 4) is 0 Å². The van der Waals surface area contributed by atoms with Crippen LogP contribution in [0.15, 0.2) is 48.5 Å². The van der Waals surface area contributed by atoms with Gasteiger partial charge in [0, 0.05) is 6.26 Å². The third kappa shape index (κ3) is 7.99. The number of rotatable bonds is 6. The molecule has 2 aromatic carbocycles. The molecule has 3 rings (SSSR count). The van der Waals surface area contributed by atoms with Crippen molar-refractivity contribution in [2.75, 3.05) is 24.7 Å². The molecule has 0 fully saturated rings. The second-order valence-electron chi connectivity index (χ2n) is 8.09. The summed E-state index contributed by atoms with van der Waals surface area (Å²) in [7, 11) is -3.92. The molecule has 0 spiro atoms. The fourth-order valence-corrected chi connectivity index (χ4v) is 3.35. The van der Waals surface area contributed by atoms with E-state index in [1.54, 1.807) is 0 Å². The van der Waals surface area contributed by atoms with Gasteiger partial charge in [0.1, 0.15) is 12.2 Å². The number of nitrogens with one attached hydrogen (secondary N) is 2. The van der Waals surface area contributed by atoms with Crippen molar-refractivity contribution in [3.05, 3.63) is 59.7 Å². The van der Waals surface area contributed by atoms with Gasteiger partial charge in [-0.2, -0.15) is 0 Å². The third-order valence-electron chi connectivity index (χ3n) is 5.64. The standard InChI is InChI=1S/C23H31N3.CH4O3S/c1-5-17(3)19-7-11-21(12-8-19)25-23-24-15-16-26(23)22-13-9-20(10-14-22)18(4)6-2;1-5(2,3)4/h7-14,17-18H,5-6,15-16H2,1-4H3,(H,24,25);1H3,(H,2,3,4). The van der Waals surface area contributed by atoms with Crippen LogP contribution >= 0.6 is 0 Å². The fourth-order valence-electron chi connectivity index (χ4n) is 3.35. The number of guanidine groups is 1. The Balaban J connectivity index is 0.000000614. The molecule has 170 valence electrons. The van der Waals surface area contributed by atoms with Crippen LogP contribution in [-0.4, -0.2) is 42.9 Å². The summed E-state index contributed by atoms with van der Waals surface area (Å²) in [5.41, 5.74) is 5.18. The number of benzene rings is 2. The van der Waals surface area contributed by atoms with Crippen LogP contribution in [0, 0.1) is 0 Å². The maximum absolute atomic E-state index is 9.08. The maximum atomic E-state index is 9.08. The monoisotopic (exact) mass is 445 g/mol. The van der Waals surface area contributed by atoms with E-state index >= 15 is 0 Å². The molecule has 0 aromatic heterocycles. The van der Waals surface area contributed by atoms with Gasteiger partial charge in [-0.25, -0.2) is 18.3 Å². The Labute approximate surface area is 187 Å². The molecule has 0 amide bonds. The number of hydrogen-bond donors (Lipinski definition) is 2. The summed E-state index contributed by atoms with van der Waals surface area (Å²) in [5, 5.41) is 7.04. The van der Waals surface area contributed by atoms with Crippen LogP contribution in [0.2, 0.25) is 0 Å². The second-order valence-corrected chi connectivity index (χ2v) is 9.50. The lowest BCUT2D eigenvalue weighted by Gasteiger charge is -2.11. The molecule has 0 radical (unpaired) electrons. The van der Waals surface area contributed by atoms with Crippen LogP contribution in [0.4, 0.5) is 11.4 Å². The molecule has 0 saturated heterocycles. The lowest BCUT2D eigenvalue weighted by molar-refractivity contribution is -0.428. The Morgan fingerprint density at radius 3 is 1.87 bits per heavy atom. The predicted molar refractivity (Wildman–Crippen MR) is 127 cm³/mol. The summed E-state index contributed by atoms with van der Waals surface area (Å²) >= 11 is 0. The molecule has 1 aliphatic rings. The quantitative estimate of drug-likeness (QED) is 0.502. The van der Waals surface area contributed by atoms with E-state index in [1.165, 1.54) is 29.7 Å². The van der Waals surface area contributed by atoms with E-state index in [1.807, 2.05) is 0 Å². The van der Waals surface area contributed by atoms with Gasteiger partial charge in [0.2, 0.25) is 0 Å². The summed E-state index contributed by atoms with van der Waals surface area (Å²) in [5.74, 6) is 2.30. The van der Waals surface area contributed by atoms with Gasteiger partial charge in [0.25, 0.3) is 0 Å². The Morgan fingerprint density at radius 1 is 0.968 bits per heavy atom. The largest absolute Gasteiger partial charge is 0.748 e. The minimum atomic E-state index is -3.92. The first-order chi connectivity index (χ1) is 14.6. The Kier molecular flexibility index (Phi) is 9.07. The van der Waals surface area contributed by atoms with Crippen LogP contribution in [0.1, 0.15) is 63.5 Å². The smallest absolute Gasteiger partial charge is 0.355 e. The number of anilines is 1. The van der Waals surface area contributed by atoms with E-state index in [0.717, 1.165) is 24.7 Å². The molecular weight excluding hydrogens is 410 g/mol. The topological polar surface area (TPSA) is 84.3 Å². The first-order valence-electron chi connectivity index (χ1n) is 10.9. The van der Waals surface area contributed by atoms with Crippen LogP contribution in [0.5, 0.6) is 0 Å². The van der Waals surface area contributed by atoms with Crippen molar-refractivity contribution in [2.45, 2.75) is 52.4 Å². The van der Waals surface area contributed by atoms with Gasteiger partial charge < -0.3 is 4.55 Å². The normalized spacial score (nSPS) is 15.5. The molecule has 7 heteroatoms. The van der Waals surface area contributed by atoms with Crippen molar-refractivity contribution in [2.24, 2.45) is 0 Å². The number of hydrogen-bond acceptors (Lipinski definition) is 5.